The van der Waals surface area contributed by atoms with Crippen LogP contribution in [0.25, 0.3) is 0 Å². The molecule has 162 valence electrons. The van der Waals surface area contributed by atoms with Gasteiger partial charge in [-0.3, -0.25) is 0 Å². The van der Waals surface area contributed by atoms with Gasteiger partial charge in [0.05, 0.1) is 5.56 Å². The van der Waals surface area contributed by atoms with Crippen LogP contribution in [-0.4, -0.2) is 19.7 Å². The van der Waals surface area contributed by atoms with E-state index in [9.17, 15) is 4.79 Å². The smallest absolute Gasteiger partial charge is 0.338 e. The van der Waals surface area contributed by atoms with Crippen molar-refractivity contribution in [3.05, 3.63) is 71.3 Å². The van der Waals surface area contributed by atoms with Crippen LogP contribution in [0.4, 0.5) is 0 Å². The van der Waals surface area contributed by atoms with Crippen molar-refractivity contribution in [2.75, 3.05) is 13.7 Å². The Morgan fingerprint density at radius 2 is 1.67 bits per heavy atom. The van der Waals surface area contributed by atoms with Crippen LogP contribution in [0.3, 0.4) is 0 Å². The van der Waals surface area contributed by atoms with Crippen LogP contribution in [0.2, 0.25) is 0 Å². The Bertz CT molecular complexity index is 745. The van der Waals surface area contributed by atoms with E-state index in [1.54, 1.807) is 7.11 Å². The Hall–Kier alpha value is -2.13. The van der Waals surface area contributed by atoms with Gasteiger partial charge in [-0.15, -0.1) is 0 Å². The third-order valence-electron chi connectivity index (χ3n) is 6.50. The molecule has 2 aromatic rings. The van der Waals surface area contributed by atoms with E-state index in [-0.39, 0.29) is 18.7 Å². The number of hydrogen-bond donors (Lipinski definition) is 0. The second-order valence-electron chi connectivity index (χ2n) is 8.57. The van der Waals surface area contributed by atoms with Crippen LogP contribution in [-0.2, 0) is 9.47 Å². The van der Waals surface area contributed by atoms with Gasteiger partial charge in [0.25, 0.3) is 0 Å². The normalized spacial score (nSPS) is 19.9. The number of methoxy groups -OCH3 is 1. The van der Waals surface area contributed by atoms with Gasteiger partial charge in [0.2, 0.25) is 0 Å². The molecule has 1 atom stereocenters. The average Bonchev–Trinajstić information content (AvgIpc) is 2.81. The molecule has 1 saturated carbocycles. The number of unbranched alkanes of at least 4 members (excludes halogenated alkanes) is 2. The lowest BCUT2D eigenvalue weighted by Crippen LogP contribution is -2.15. The molecule has 3 heteroatoms. The van der Waals surface area contributed by atoms with Crippen molar-refractivity contribution >= 4 is 5.97 Å². The Balaban J connectivity index is 1.47. The molecule has 3 nitrogen and oxygen atoms in total. The summed E-state index contributed by atoms with van der Waals surface area (Å²) in [6.07, 6.45) is 10.4. The van der Waals surface area contributed by atoms with E-state index in [0.717, 1.165) is 11.5 Å². The SMILES string of the molecule is CCCCCC1CCC(c2ccc(C(=O)OCC(OC)c3ccccc3)cc2)CC1. The molecule has 1 aliphatic carbocycles. The fourth-order valence-electron chi connectivity index (χ4n) is 4.56. The summed E-state index contributed by atoms with van der Waals surface area (Å²) in [5.41, 5.74) is 2.97. The highest BCUT2D eigenvalue weighted by Gasteiger charge is 2.22. The Morgan fingerprint density at radius 1 is 0.967 bits per heavy atom. The first-order valence-electron chi connectivity index (χ1n) is 11.6. The molecule has 2 aromatic carbocycles. The second-order valence-corrected chi connectivity index (χ2v) is 8.57. The summed E-state index contributed by atoms with van der Waals surface area (Å²) in [6, 6.07) is 17.9. The van der Waals surface area contributed by atoms with E-state index in [4.69, 9.17) is 9.47 Å². The van der Waals surface area contributed by atoms with Crippen molar-refractivity contribution in [1.82, 2.24) is 0 Å². The maximum Gasteiger partial charge on any atom is 0.338 e. The van der Waals surface area contributed by atoms with Crippen molar-refractivity contribution in [2.45, 2.75) is 70.3 Å². The molecule has 0 bridgehead atoms. The molecule has 0 aliphatic heterocycles. The minimum absolute atomic E-state index is 0.211. The van der Waals surface area contributed by atoms with Gasteiger partial charge in [0, 0.05) is 7.11 Å². The topological polar surface area (TPSA) is 35.5 Å². The quantitative estimate of drug-likeness (QED) is 0.311. The van der Waals surface area contributed by atoms with Gasteiger partial charge in [-0.1, -0.05) is 75.1 Å². The molecule has 1 fully saturated rings. The number of hydrogen-bond acceptors (Lipinski definition) is 3. The van der Waals surface area contributed by atoms with Crippen molar-refractivity contribution in [3.63, 3.8) is 0 Å². The fourth-order valence-corrected chi connectivity index (χ4v) is 4.56. The lowest BCUT2D eigenvalue weighted by molar-refractivity contribution is 0.0101. The molecule has 0 amide bonds. The summed E-state index contributed by atoms with van der Waals surface area (Å²) >= 11 is 0. The summed E-state index contributed by atoms with van der Waals surface area (Å²) in [5, 5.41) is 0. The standard InChI is InChI=1S/C27H36O3/c1-3-4-6-9-21-12-14-22(15-13-21)23-16-18-25(19-17-23)27(28)30-20-26(29-2)24-10-7-5-8-11-24/h5,7-8,10-11,16-19,21-22,26H,3-4,6,9,12-15,20H2,1-2H3. The van der Waals surface area contributed by atoms with Gasteiger partial charge >= 0.3 is 5.97 Å². The zero-order chi connectivity index (χ0) is 21.2. The lowest BCUT2D eigenvalue weighted by atomic mass is 9.77. The maximum absolute atomic E-state index is 12.5. The molecular formula is C27H36O3. The molecule has 3 rings (SSSR count). The average molecular weight is 409 g/mol. The fraction of sp³-hybridized carbons (Fsp3) is 0.519. The van der Waals surface area contributed by atoms with Crippen molar-refractivity contribution in [1.29, 1.82) is 0 Å². The molecule has 30 heavy (non-hydrogen) atoms. The molecule has 0 heterocycles. The van der Waals surface area contributed by atoms with Crippen LogP contribution >= 0.6 is 0 Å². The van der Waals surface area contributed by atoms with E-state index < -0.39 is 0 Å². The lowest BCUT2D eigenvalue weighted by Gasteiger charge is -2.29. The van der Waals surface area contributed by atoms with E-state index in [1.807, 2.05) is 42.5 Å². The number of carbonyl (C=O) groups is 1. The van der Waals surface area contributed by atoms with E-state index in [0.29, 0.717) is 11.5 Å². The van der Waals surface area contributed by atoms with Gasteiger partial charge in [0.1, 0.15) is 12.7 Å². The summed E-state index contributed by atoms with van der Waals surface area (Å²) < 4.78 is 11.0. The highest BCUT2D eigenvalue weighted by molar-refractivity contribution is 5.89. The minimum atomic E-state index is -0.292. The number of esters is 1. The molecule has 1 aliphatic rings. The Labute approximate surface area is 181 Å². The van der Waals surface area contributed by atoms with E-state index >= 15 is 0 Å². The van der Waals surface area contributed by atoms with Crippen LogP contribution in [0.15, 0.2) is 54.6 Å². The molecular weight excluding hydrogens is 372 g/mol. The van der Waals surface area contributed by atoms with E-state index in [2.05, 4.69) is 19.1 Å². The van der Waals surface area contributed by atoms with Gasteiger partial charge in [-0.25, -0.2) is 4.79 Å². The predicted molar refractivity (Wildman–Crippen MR) is 122 cm³/mol. The van der Waals surface area contributed by atoms with Gasteiger partial charge in [0.15, 0.2) is 0 Å². The number of benzene rings is 2. The van der Waals surface area contributed by atoms with Crippen LogP contribution in [0.5, 0.6) is 0 Å². The zero-order valence-electron chi connectivity index (χ0n) is 18.5. The van der Waals surface area contributed by atoms with Gasteiger partial charge in [-0.2, -0.15) is 0 Å². The number of rotatable bonds is 10. The highest BCUT2D eigenvalue weighted by atomic mass is 16.6. The highest BCUT2D eigenvalue weighted by Crippen LogP contribution is 2.37. The Morgan fingerprint density at radius 3 is 2.30 bits per heavy atom. The second kappa shape index (κ2) is 11.9. The van der Waals surface area contributed by atoms with Crippen LogP contribution in [0, 0.1) is 5.92 Å². The predicted octanol–water partition coefficient (Wildman–Crippen LogP) is 7.09. The third-order valence-corrected chi connectivity index (χ3v) is 6.50. The first-order chi connectivity index (χ1) is 14.7. The third kappa shape index (κ3) is 6.43. The maximum atomic E-state index is 12.5. The number of ether oxygens (including phenoxy) is 2. The molecule has 0 N–H and O–H groups in total. The molecule has 0 spiro atoms. The summed E-state index contributed by atoms with van der Waals surface area (Å²) in [7, 11) is 1.64. The minimum Gasteiger partial charge on any atom is -0.459 e. The molecule has 1 unspecified atom stereocenters. The summed E-state index contributed by atoms with van der Waals surface area (Å²) in [6.45, 7) is 2.48. The Kier molecular flexibility index (Phi) is 8.95. The van der Waals surface area contributed by atoms with Crippen molar-refractivity contribution in [2.24, 2.45) is 5.92 Å². The van der Waals surface area contributed by atoms with Gasteiger partial charge in [-0.05, 0) is 60.8 Å². The van der Waals surface area contributed by atoms with Crippen molar-refractivity contribution in [3.8, 4) is 0 Å². The largest absolute Gasteiger partial charge is 0.459 e. The number of carbonyl (C=O) groups excluding carboxylic acids is 1. The molecule has 0 aromatic heterocycles. The zero-order valence-corrected chi connectivity index (χ0v) is 18.5. The monoisotopic (exact) mass is 408 g/mol. The van der Waals surface area contributed by atoms with Gasteiger partial charge < -0.3 is 9.47 Å². The van der Waals surface area contributed by atoms with Crippen LogP contribution in [0.1, 0.15) is 91.8 Å². The molecule has 0 saturated heterocycles. The summed E-state index contributed by atoms with van der Waals surface area (Å²) in [4.78, 5) is 12.5. The molecule has 0 radical (unpaired) electrons. The summed E-state index contributed by atoms with van der Waals surface area (Å²) in [5.74, 6) is 1.26. The van der Waals surface area contributed by atoms with Crippen molar-refractivity contribution < 1.29 is 14.3 Å². The first kappa shape index (κ1) is 22.6. The van der Waals surface area contributed by atoms with Crippen LogP contribution < -0.4 is 0 Å². The first-order valence-corrected chi connectivity index (χ1v) is 11.6. The van der Waals surface area contributed by atoms with E-state index in [1.165, 1.54) is 56.9 Å².